The van der Waals surface area contributed by atoms with Crippen LogP contribution in [0.2, 0.25) is 0 Å². The standard InChI is InChI=1S/C19H34O3.C2H6/c1-4-13-22-18(21)9-5-7-14(2)15-10-11-16-17(20)8-6-12-19(15,16)3;1-2/h14-17,20H,4-13H2,1-3H3;1-2H3/t14-,15?,16?,17-,19+;/m0./s1. The van der Waals surface area contributed by atoms with Gasteiger partial charge in [-0.2, -0.15) is 0 Å². The molecule has 0 aromatic carbocycles. The van der Waals surface area contributed by atoms with E-state index in [0.717, 1.165) is 25.7 Å². The van der Waals surface area contributed by atoms with Crippen molar-refractivity contribution in [1.29, 1.82) is 0 Å². The lowest BCUT2D eigenvalue weighted by atomic mass is 9.61. The third kappa shape index (κ3) is 5.21. The molecule has 2 fully saturated rings. The van der Waals surface area contributed by atoms with E-state index >= 15 is 0 Å². The van der Waals surface area contributed by atoms with Gasteiger partial charge in [0, 0.05) is 6.42 Å². The minimum atomic E-state index is -0.0834. The number of rotatable bonds is 7. The minimum Gasteiger partial charge on any atom is -0.466 e. The van der Waals surface area contributed by atoms with Gasteiger partial charge >= 0.3 is 5.97 Å². The molecule has 0 aromatic heterocycles. The highest BCUT2D eigenvalue weighted by Gasteiger charge is 2.51. The lowest BCUT2D eigenvalue weighted by Gasteiger charge is -2.45. The second kappa shape index (κ2) is 10.4. The van der Waals surface area contributed by atoms with E-state index < -0.39 is 0 Å². The summed E-state index contributed by atoms with van der Waals surface area (Å²) in [6.07, 6.45) is 9.26. The summed E-state index contributed by atoms with van der Waals surface area (Å²) < 4.78 is 5.15. The second-order valence-electron chi connectivity index (χ2n) is 7.85. The van der Waals surface area contributed by atoms with Crippen molar-refractivity contribution in [1.82, 2.24) is 0 Å². The van der Waals surface area contributed by atoms with Gasteiger partial charge in [-0.05, 0) is 68.1 Å². The molecule has 0 bridgehead atoms. The molecule has 2 rings (SSSR count). The Morgan fingerprint density at radius 2 is 2.00 bits per heavy atom. The van der Waals surface area contributed by atoms with Crippen molar-refractivity contribution >= 4 is 5.97 Å². The predicted molar refractivity (Wildman–Crippen MR) is 99.8 cm³/mol. The number of fused-ring (bicyclic) bond motifs is 1. The van der Waals surface area contributed by atoms with Crippen molar-refractivity contribution in [2.45, 2.75) is 98.5 Å². The summed E-state index contributed by atoms with van der Waals surface area (Å²) in [7, 11) is 0. The van der Waals surface area contributed by atoms with Crippen molar-refractivity contribution in [3.8, 4) is 0 Å². The quantitative estimate of drug-likeness (QED) is 0.635. The van der Waals surface area contributed by atoms with E-state index in [1.165, 1.54) is 25.7 Å². The van der Waals surface area contributed by atoms with Crippen molar-refractivity contribution in [3.63, 3.8) is 0 Å². The van der Waals surface area contributed by atoms with Gasteiger partial charge in [-0.15, -0.1) is 0 Å². The zero-order valence-electron chi connectivity index (χ0n) is 16.6. The predicted octanol–water partition coefficient (Wildman–Crippen LogP) is 5.35. The molecule has 0 heterocycles. The normalized spacial score (nSPS) is 33.2. The maximum Gasteiger partial charge on any atom is 0.305 e. The van der Waals surface area contributed by atoms with Gasteiger partial charge in [-0.3, -0.25) is 4.79 Å². The highest BCUT2D eigenvalue weighted by Crippen LogP contribution is 2.58. The van der Waals surface area contributed by atoms with E-state index in [9.17, 15) is 9.90 Å². The second-order valence-corrected chi connectivity index (χ2v) is 7.85. The molecule has 0 aliphatic heterocycles. The van der Waals surface area contributed by atoms with Gasteiger partial charge in [0.1, 0.15) is 0 Å². The van der Waals surface area contributed by atoms with E-state index in [2.05, 4.69) is 13.8 Å². The van der Waals surface area contributed by atoms with Crippen LogP contribution in [-0.4, -0.2) is 23.8 Å². The van der Waals surface area contributed by atoms with Crippen LogP contribution in [0, 0.1) is 23.2 Å². The van der Waals surface area contributed by atoms with Crippen LogP contribution < -0.4 is 0 Å². The number of hydrogen-bond acceptors (Lipinski definition) is 3. The van der Waals surface area contributed by atoms with Crippen LogP contribution in [0.5, 0.6) is 0 Å². The van der Waals surface area contributed by atoms with Crippen LogP contribution in [0.4, 0.5) is 0 Å². The van der Waals surface area contributed by atoms with Gasteiger partial charge in [0.15, 0.2) is 0 Å². The maximum absolute atomic E-state index is 11.6. The van der Waals surface area contributed by atoms with E-state index in [1.54, 1.807) is 0 Å². The zero-order valence-corrected chi connectivity index (χ0v) is 16.6. The monoisotopic (exact) mass is 340 g/mol. The first-order valence-corrected chi connectivity index (χ1v) is 10.3. The third-order valence-electron chi connectivity index (χ3n) is 6.36. The molecule has 1 N–H and O–H groups in total. The average Bonchev–Trinajstić information content (AvgIpc) is 2.93. The molecule has 2 aliphatic carbocycles. The Bertz CT molecular complexity index is 368. The van der Waals surface area contributed by atoms with E-state index in [4.69, 9.17) is 4.74 Å². The van der Waals surface area contributed by atoms with E-state index in [0.29, 0.717) is 36.2 Å². The molecule has 0 saturated heterocycles. The first kappa shape index (κ1) is 21.5. The molecule has 0 amide bonds. The van der Waals surface area contributed by atoms with Gasteiger partial charge in [-0.1, -0.05) is 41.0 Å². The molecule has 2 saturated carbocycles. The molecule has 142 valence electrons. The van der Waals surface area contributed by atoms with Crippen molar-refractivity contribution in [3.05, 3.63) is 0 Å². The highest BCUT2D eigenvalue weighted by molar-refractivity contribution is 5.69. The number of ether oxygens (including phenoxy) is 1. The number of carbonyl (C=O) groups excluding carboxylic acids is 1. The Labute approximate surface area is 149 Å². The number of hydrogen-bond donors (Lipinski definition) is 1. The number of esters is 1. The summed E-state index contributed by atoms with van der Waals surface area (Å²) in [5.74, 6) is 1.80. The number of aliphatic hydroxyl groups excluding tert-OH is 1. The molecule has 3 nitrogen and oxygen atoms in total. The van der Waals surface area contributed by atoms with Gasteiger partial charge < -0.3 is 9.84 Å². The molecule has 0 radical (unpaired) electrons. The Morgan fingerprint density at radius 3 is 2.67 bits per heavy atom. The summed E-state index contributed by atoms with van der Waals surface area (Å²) >= 11 is 0. The van der Waals surface area contributed by atoms with Crippen molar-refractivity contribution in [2.24, 2.45) is 23.2 Å². The van der Waals surface area contributed by atoms with Gasteiger partial charge in [-0.25, -0.2) is 0 Å². The van der Waals surface area contributed by atoms with E-state index in [1.807, 2.05) is 20.8 Å². The molecule has 2 aliphatic rings. The van der Waals surface area contributed by atoms with Gasteiger partial charge in [0.25, 0.3) is 0 Å². The average molecular weight is 341 g/mol. The summed E-state index contributed by atoms with van der Waals surface area (Å²) in [5, 5.41) is 10.3. The van der Waals surface area contributed by atoms with Crippen LogP contribution in [0.25, 0.3) is 0 Å². The molecule has 0 spiro atoms. The smallest absolute Gasteiger partial charge is 0.305 e. The lowest BCUT2D eigenvalue weighted by molar-refractivity contribution is -0.143. The zero-order chi connectivity index (χ0) is 18.2. The molecular formula is C21H40O3. The Hall–Kier alpha value is -0.570. The SMILES string of the molecule is CC.CCCOC(=O)CCC[C@H](C)C1CCC2[C@@H](O)CCC[C@]12C. The molecule has 0 aromatic rings. The fourth-order valence-electron chi connectivity index (χ4n) is 5.18. The molecule has 2 unspecified atom stereocenters. The Balaban J connectivity index is 0.00000139. The lowest BCUT2D eigenvalue weighted by Crippen LogP contribution is -2.41. The summed E-state index contributed by atoms with van der Waals surface area (Å²) in [5.41, 5.74) is 0.319. The largest absolute Gasteiger partial charge is 0.466 e. The Morgan fingerprint density at radius 1 is 1.29 bits per heavy atom. The molecular weight excluding hydrogens is 300 g/mol. The summed E-state index contributed by atoms with van der Waals surface area (Å²) in [6, 6.07) is 0. The summed E-state index contributed by atoms with van der Waals surface area (Å²) in [6.45, 7) is 11.3. The first-order valence-electron chi connectivity index (χ1n) is 10.3. The number of carbonyl (C=O) groups is 1. The van der Waals surface area contributed by atoms with Crippen molar-refractivity contribution in [2.75, 3.05) is 6.61 Å². The molecule has 24 heavy (non-hydrogen) atoms. The molecule has 3 heteroatoms. The van der Waals surface area contributed by atoms with Crippen LogP contribution in [0.15, 0.2) is 0 Å². The van der Waals surface area contributed by atoms with Gasteiger partial charge in [0.05, 0.1) is 12.7 Å². The van der Waals surface area contributed by atoms with E-state index in [-0.39, 0.29) is 12.1 Å². The number of aliphatic hydroxyl groups is 1. The first-order chi connectivity index (χ1) is 11.5. The fourth-order valence-corrected chi connectivity index (χ4v) is 5.18. The summed E-state index contributed by atoms with van der Waals surface area (Å²) in [4.78, 5) is 11.6. The molecule has 5 atom stereocenters. The third-order valence-corrected chi connectivity index (χ3v) is 6.36. The fraction of sp³-hybridized carbons (Fsp3) is 0.952. The Kier molecular flexibility index (Phi) is 9.33. The minimum absolute atomic E-state index is 0.0438. The van der Waals surface area contributed by atoms with Crippen LogP contribution in [-0.2, 0) is 9.53 Å². The topological polar surface area (TPSA) is 46.5 Å². The van der Waals surface area contributed by atoms with Crippen molar-refractivity contribution < 1.29 is 14.6 Å². The van der Waals surface area contributed by atoms with Gasteiger partial charge in [0.2, 0.25) is 0 Å². The highest BCUT2D eigenvalue weighted by atomic mass is 16.5. The van der Waals surface area contributed by atoms with Crippen LogP contribution in [0.3, 0.4) is 0 Å². The van der Waals surface area contributed by atoms with Crippen LogP contribution in [0.1, 0.15) is 92.4 Å². The maximum atomic E-state index is 11.6. The van der Waals surface area contributed by atoms with Crippen LogP contribution >= 0.6 is 0 Å².